The molecule has 0 spiro atoms. The highest BCUT2D eigenvalue weighted by molar-refractivity contribution is 5.94. The molecule has 3 amide bonds. The normalized spacial score (nSPS) is 16.3. The van der Waals surface area contributed by atoms with Crippen LogP contribution in [0.15, 0.2) is 30.5 Å². The first-order valence-electron chi connectivity index (χ1n) is 8.73. The highest BCUT2D eigenvalue weighted by atomic mass is 35.5. The van der Waals surface area contributed by atoms with Gasteiger partial charge in [-0.15, -0.1) is 12.4 Å². The van der Waals surface area contributed by atoms with Crippen molar-refractivity contribution in [3.63, 3.8) is 0 Å². The summed E-state index contributed by atoms with van der Waals surface area (Å²) in [5, 5.41) is 6.89. The zero-order valence-corrected chi connectivity index (χ0v) is 15.9. The average molecular weight is 380 g/mol. The van der Waals surface area contributed by atoms with Crippen molar-refractivity contribution in [3.8, 4) is 0 Å². The van der Waals surface area contributed by atoms with E-state index in [1.165, 1.54) is 10.0 Å². The van der Waals surface area contributed by atoms with E-state index in [0.717, 1.165) is 23.7 Å². The van der Waals surface area contributed by atoms with Crippen molar-refractivity contribution in [3.05, 3.63) is 30.5 Å². The molecule has 0 saturated carbocycles. The summed E-state index contributed by atoms with van der Waals surface area (Å²) < 4.78 is 0. The molecule has 1 saturated heterocycles. The number of anilines is 1. The molecule has 1 aromatic heterocycles. The second-order valence-electron chi connectivity index (χ2n) is 6.56. The molecular formula is C18H26ClN5O2. The molecule has 2 aromatic rings. The lowest BCUT2D eigenvalue weighted by Crippen LogP contribution is -2.53. The highest BCUT2D eigenvalue weighted by Crippen LogP contribution is 2.20. The van der Waals surface area contributed by atoms with E-state index in [9.17, 15) is 9.59 Å². The van der Waals surface area contributed by atoms with Crippen LogP contribution >= 0.6 is 12.4 Å². The minimum absolute atomic E-state index is 0. The summed E-state index contributed by atoms with van der Waals surface area (Å²) >= 11 is 0. The summed E-state index contributed by atoms with van der Waals surface area (Å²) in [6.07, 6.45) is 3.43. The van der Waals surface area contributed by atoms with Gasteiger partial charge >= 0.3 is 6.03 Å². The molecule has 2 unspecified atom stereocenters. The van der Waals surface area contributed by atoms with Crippen LogP contribution in [0, 0.1) is 5.92 Å². The van der Waals surface area contributed by atoms with E-state index < -0.39 is 6.04 Å². The molecule has 0 aliphatic carbocycles. The van der Waals surface area contributed by atoms with Crippen molar-refractivity contribution < 1.29 is 9.59 Å². The van der Waals surface area contributed by atoms with Crippen LogP contribution in [0.3, 0.4) is 0 Å². The Morgan fingerprint density at radius 1 is 1.27 bits per heavy atom. The zero-order chi connectivity index (χ0) is 18.0. The van der Waals surface area contributed by atoms with Gasteiger partial charge in [-0.1, -0.05) is 26.3 Å². The molecule has 2 atom stereocenters. The number of urea groups is 1. The summed E-state index contributed by atoms with van der Waals surface area (Å²) in [5.41, 5.74) is 7.70. The number of hydrogen-bond donors (Lipinski definition) is 3. The predicted octanol–water partition coefficient (Wildman–Crippen LogP) is 2.94. The standard InChI is InChI=1S/C18H25N5O2.ClH/c1-3-12(2)16(19)17(24)22-9-4-10-23(22)18(25)21-14-6-5-13-7-8-20-15(13)11-14;/h5-8,11-12,16,20H,3-4,9-10,19H2,1-2H3,(H,21,25);1H. The van der Waals surface area contributed by atoms with Crippen LogP contribution in [0.4, 0.5) is 10.5 Å². The predicted molar refractivity (Wildman–Crippen MR) is 105 cm³/mol. The van der Waals surface area contributed by atoms with E-state index in [0.29, 0.717) is 18.8 Å². The van der Waals surface area contributed by atoms with Gasteiger partial charge in [0.1, 0.15) is 0 Å². The summed E-state index contributed by atoms with van der Waals surface area (Å²) in [7, 11) is 0. The number of carbonyl (C=O) groups excluding carboxylic acids is 2. The van der Waals surface area contributed by atoms with Gasteiger partial charge in [0.2, 0.25) is 0 Å². The lowest BCUT2D eigenvalue weighted by atomic mass is 9.99. The number of benzene rings is 1. The summed E-state index contributed by atoms with van der Waals surface area (Å²) in [5.74, 6) is -0.116. The van der Waals surface area contributed by atoms with E-state index in [1.807, 2.05) is 44.3 Å². The van der Waals surface area contributed by atoms with Crippen molar-refractivity contribution >= 4 is 40.9 Å². The third kappa shape index (κ3) is 3.94. The van der Waals surface area contributed by atoms with Crippen LogP contribution in [0.5, 0.6) is 0 Å². The number of H-pyrrole nitrogens is 1. The fraction of sp³-hybridized carbons (Fsp3) is 0.444. The second kappa shape index (κ2) is 8.42. The van der Waals surface area contributed by atoms with Crippen molar-refractivity contribution in [1.29, 1.82) is 0 Å². The van der Waals surface area contributed by atoms with Crippen molar-refractivity contribution in [1.82, 2.24) is 15.0 Å². The first-order valence-corrected chi connectivity index (χ1v) is 8.73. The SMILES string of the molecule is CCC(C)C(N)C(=O)N1CCCN1C(=O)Nc1ccc2cc[nH]c2c1.Cl. The zero-order valence-electron chi connectivity index (χ0n) is 15.1. The van der Waals surface area contributed by atoms with Crippen LogP contribution in [0.1, 0.15) is 26.7 Å². The molecule has 1 aliphatic heterocycles. The van der Waals surface area contributed by atoms with Gasteiger partial charge in [0, 0.05) is 30.5 Å². The number of nitrogens with one attached hydrogen (secondary N) is 2. The summed E-state index contributed by atoms with van der Waals surface area (Å²) in [6.45, 7) is 4.99. The van der Waals surface area contributed by atoms with Gasteiger partial charge in [-0.05, 0) is 35.9 Å². The fourth-order valence-corrected chi connectivity index (χ4v) is 3.04. The molecule has 0 bridgehead atoms. The minimum atomic E-state index is -0.589. The fourth-order valence-electron chi connectivity index (χ4n) is 3.04. The molecule has 7 nitrogen and oxygen atoms in total. The number of nitrogens with zero attached hydrogens (tertiary/aromatic N) is 2. The maximum absolute atomic E-state index is 12.6. The number of carbonyl (C=O) groups is 2. The van der Waals surface area contributed by atoms with Gasteiger partial charge < -0.3 is 16.0 Å². The van der Waals surface area contributed by atoms with Gasteiger partial charge in [0.15, 0.2) is 0 Å². The van der Waals surface area contributed by atoms with E-state index in [4.69, 9.17) is 5.73 Å². The molecule has 1 aromatic carbocycles. The molecule has 3 rings (SSSR count). The Labute approximate surface area is 159 Å². The number of amides is 3. The van der Waals surface area contributed by atoms with E-state index in [-0.39, 0.29) is 30.3 Å². The van der Waals surface area contributed by atoms with Gasteiger partial charge in [-0.3, -0.25) is 4.79 Å². The van der Waals surface area contributed by atoms with Gasteiger partial charge in [0.25, 0.3) is 5.91 Å². The Kier molecular flexibility index (Phi) is 6.50. The number of aromatic amines is 1. The Morgan fingerprint density at radius 3 is 2.73 bits per heavy atom. The monoisotopic (exact) mass is 379 g/mol. The van der Waals surface area contributed by atoms with E-state index in [2.05, 4.69) is 10.3 Å². The number of rotatable bonds is 4. The Morgan fingerprint density at radius 2 is 2.00 bits per heavy atom. The molecule has 8 heteroatoms. The Balaban J connectivity index is 0.00000243. The molecule has 4 N–H and O–H groups in total. The van der Waals surface area contributed by atoms with Gasteiger partial charge in [-0.2, -0.15) is 0 Å². The maximum Gasteiger partial charge on any atom is 0.340 e. The van der Waals surface area contributed by atoms with Crippen molar-refractivity contribution in [2.24, 2.45) is 11.7 Å². The summed E-state index contributed by atoms with van der Waals surface area (Å²) in [6, 6.07) is 6.73. The summed E-state index contributed by atoms with van der Waals surface area (Å²) in [4.78, 5) is 28.4. The number of aromatic nitrogens is 1. The third-order valence-corrected chi connectivity index (χ3v) is 4.87. The number of halogens is 1. The van der Waals surface area contributed by atoms with Crippen LogP contribution in [0.25, 0.3) is 10.9 Å². The van der Waals surface area contributed by atoms with E-state index >= 15 is 0 Å². The lowest BCUT2D eigenvalue weighted by molar-refractivity contribution is -0.142. The molecule has 0 radical (unpaired) electrons. The molecule has 1 aliphatic rings. The molecular weight excluding hydrogens is 354 g/mol. The van der Waals surface area contributed by atoms with Gasteiger partial charge in [0.05, 0.1) is 6.04 Å². The molecule has 2 heterocycles. The van der Waals surface area contributed by atoms with E-state index in [1.54, 1.807) is 0 Å². The van der Waals surface area contributed by atoms with Crippen LogP contribution in [0.2, 0.25) is 0 Å². The number of hydrogen-bond acceptors (Lipinski definition) is 3. The average Bonchev–Trinajstić information content (AvgIpc) is 3.28. The smallest absolute Gasteiger partial charge is 0.340 e. The number of hydrazine groups is 1. The van der Waals surface area contributed by atoms with Crippen LogP contribution < -0.4 is 11.1 Å². The topological polar surface area (TPSA) is 94.5 Å². The van der Waals surface area contributed by atoms with Gasteiger partial charge in [-0.25, -0.2) is 14.8 Å². The lowest BCUT2D eigenvalue weighted by Gasteiger charge is -2.31. The van der Waals surface area contributed by atoms with Crippen molar-refractivity contribution in [2.75, 3.05) is 18.4 Å². The number of fused-ring (bicyclic) bond motifs is 1. The Bertz CT molecular complexity index is 778. The third-order valence-electron chi connectivity index (χ3n) is 4.87. The minimum Gasteiger partial charge on any atom is -0.361 e. The largest absolute Gasteiger partial charge is 0.361 e. The molecule has 142 valence electrons. The molecule has 1 fully saturated rings. The number of nitrogens with two attached hydrogens (primary N) is 1. The van der Waals surface area contributed by atoms with Crippen LogP contribution in [-0.2, 0) is 4.79 Å². The van der Waals surface area contributed by atoms with Crippen molar-refractivity contribution in [2.45, 2.75) is 32.7 Å². The second-order valence-corrected chi connectivity index (χ2v) is 6.56. The molecule has 26 heavy (non-hydrogen) atoms. The maximum atomic E-state index is 12.6. The highest BCUT2D eigenvalue weighted by Gasteiger charge is 2.34. The Hall–Kier alpha value is -2.25. The first kappa shape index (κ1) is 20.1. The van der Waals surface area contributed by atoms with Crippen LogP contribution in [-0.4, -0.2) is 46.1 Å². The first-order chi connectivity index (χ1) is 12.0. The quantitative estimate of drug-likeness (QED) is 0.762.